The average molecular weight is 148 g/mol. The van der Waals surface area contributed by atoms with E-state index in [1.165, 1.54) is 0 Å². The van der Waals surface area contributed by atoms with E-state index in [-0.39, 0.29) is 0 Å². The van der Waals surface area contributed by atoms with Gasteiger partial charge in [-0.15, -0.1) is 0 Å². The number of hydrogen-bond donors (Lipinski definition) is 1. The number of ether oxygens (including phenoxy) is 1. The number of benzene rings is 1. The van der Waals surface area contributed by atoms with Crippen molar-refractivity contribution in [1.82, 2.24) is 0 Å². The van der Waals surface area contributed by atoms with Gasteiger partial charge in [0.25, 0.3) is 0 Å². The molecule has 0 saturated heterocycles. The Bertz CT molecular complexity index is 273. The SMILES string of the molecule is Bc1cc(O)c(B)c(OC)c1. The fourth-order valence-electron chi connectivity index (χ4n) is 1.02. The topological polar surface area (TPSA) is 29.5 Å². The summed E-state index contributed by atoms with van der Waals surface area (Å²) in [6.07, 6.45) is 0. The Hall–Kier alpha value is -1.05. The molecular weight excluding hydrogens is 138 g/mol. The lowest BCUT2D eigenvalue weighted by Crippen LogP contribution is -2.13. The summed E-state index contributed by atoms with van der Waals surface area (Å²) in [6.45, 7) is 0. The molecule has 0 spiro atoms. The van der Waals surface area contributed by atoms with Gasteiger partial charge in [-0.25, -0.2) is 0 Å². The van der Waals surface area contributed by atoms with Crippen LogP contribution in [0.15, 0.2) is 12.1 Å². The summed E-state index contributed by atoms with van der Waals surface area (Å²) in [4.78, 5) is 0. The largest absolute Gasteiger partial charge is 0.508 e. The fourth-order valence-corrected chi connectivity index (χ4v) is 1.02. The second kappa shape index (κ2) is 2.91. The molecule has 11 heavy (non-hydrogen) atoms. The van der Waals surface area contributed by atoms with Crippen LogP contribution in [0.3, 0.4) is 0 Å². The van der Waals surface area contributed by atoms with Gasteiger partial charge < -0.3 is 9.84 Å². The molecule has 0 aliphatic rings. The highest BCUT2D eigenvalue weighted by atomic mass is 16.5. The van der Waals surface area contributed by atoms with Gasteiger partial charge in [0.2, 0.25) is 0 Å². The Morgan fingerprint density at radius 1 is 1.36 bits per heavy atom. The van der Waals surface area contributed by atoms with E-state index >= 15 is 0 Å². The van der Waals surface area contributed by atoms with E-state index in [9.17, 15) is 5.11 Å². The summed E-state index contributed by atoms with van der Waals surface area (Å²) in [5.74, 6) is 1.03. The van der Waals surface area contributed by atoms with Crippen molar-refractivity contribution in [2.75, 3.05) is 7.11 Å². The summed E-state index contributed by atoms with van der Waals surface area (Å²) >= 11 is 0. The lowest BCUT2D eigenvalue weighted by atomic mass is 9.87. The van der Waals surface area contributed by atoms with Gasteiger partial charge in [0, 0.05) is 0 Å². The van der Waals surface area contributed by atoms with Crippen LogP contribution in [0.1, 0.15) is 0 Å². The van der Waals surface area contributed by atoms with Crippen molar-refractivity contribution in [1.29, 1.82) is 0 Å². The van der Waals surface area contributed by atoms with Crippen LogP contribution in [0.4, 0.5) is 0 Å². The van der Waals surface area contributed by atoms with E-state index in [2.05, 4.69) is 0 Å². The van der Waals surface area contributed by atoms with Gasteiger partial charge in [-0.3, -0.25) is 0 Å². The summed E-state index contributed by atoms with van der Waals surface area (Å²) in [5, 5.41) is 9.33. The van der Waals surface area contributed by atoms with Crippen LogP contribution in [0.25, 0.3) is 0 Å². The molecule has 1 aromatic rings. The minimum absolute atomic E-state index is 0.293. The molecule has 0 bridgehead atoms. The van der Waals surface area contributed by atoms with Crippen molar-refractivity contribution in [2.45, 2.75) is 0 Å². The van der Waals surface area contributed by atoms with Crippen molar-refractivity contribution in [3.8, 4) is 11.5 Å². The van der Waals surface area contributed by atoms with Crippen molar-refractivity contribution >= 4 is 26.6 Å². The van der Waals surface area contributed by atoms with E-state index in [4.69, 9.17) is 4.74 Å². The Labute approximate surface area is 68.0 Å². The van der Waals surface area contributed by atoms with Crippen molar-refractivity contribution in [3.63, 3.8) is 0 Å². The lowest BCUT2D eigenvalue weighted by Gasteiger charge is -2.07. The highest BCUT2D eigenvalue weighted by Crippen LogP contribution is 2.10. The van der Waals surface area contributed by atoms with E-state index < -0.39 is 0 Å². The second-order valence-corrected chi connectivity index (χ2v) is 2.61. The van der Waals surface area contributed by atoms with Gasteiger partial charge in [0.05, 0.1) is 7.11 Å². The molecule has 0 amide bonds. The van der Waals surface area contributed by atoms with Crippen LogP contribution in [0, 0.1) is 0 Å². The first-order chi connectivity index (χ1) is 5.15. The Kier molecular flexibility index (Phi) is 2.13. The van der Waals surface area contributed by atoms with Gasteiger partial charge in [-0.2, -0.15) is 0 Å². The summed E-state index contributed by atoms with van der Waals surface area (Å²) in [7, 11) is 5.34. The second-order valence-electron chi connectivity index (χ2n) is 2.61. The molecule has 0 aliphatic carbocycles. The first-order valence-corrected chi connectivity index (χ1v) is 3.49. The zero-order valence-electron chi connectivity index (χ0n) is 7.01. The summed E-state index contributed by atoms with van der Waals surface area (Å²) in [6, 6.07) is 3.62. The maximum atomic E-state index is 9.33. The van der Waals surface area contributed by atoms with Crippen LogP contribution in [-0.2, 0) is 0 Å². The molecule has 0 aliphatic heterocycles. The zero-order valence-corrected chi connectivity index (χ0v) is 7.01. The molecule has 4 heteroatoms. The summed E-state index contributed by atoms with van der Waals surface area (Å²) in [5.41, 5.74) is 1.79. The van der Waals surface area contributed by atoms with E-state index in [0.29, 0.717) is 5.75 Å². The third-order valence-corrected chi connectivity index (χ3v) is 1.70. The van der Waals surface area contributed by atoms with Crippen molar-refractivity contribution in [2.24, 2.45) is 0 Å². The molecule has 0 saturated carbocycles. The number of rotatable bonds is 1. The maximum absolute atomic E-state index is 9.33. The van der Waals surface area contributed by atoms with Crippen LogP contribution in [0.5, 0.6) is 11.5 Å². The quantitative estimate of drug-likeness (QED) is 0.463. The number of hydrogen-bond acceptors (Lipinski definition) is 2. The highest BCUT2D eigenvalue weighted by molar-refractivity contribution is 6.38. The minimum atomic E-state index is 0.293. The molecule has 2 nitrogen and oxygen atoms in total. The molecular formula is C7H10B2O2. The van der Waals surface area contributed by atoms with E-state index in [1.807, 2.05) is 21.8 Å². The van der Waals surface area contributed by atoms with Gasteiger partial charge in [0.1, 0.15) is 27.2 Å². The van der Waals surface area contributed by atoms with Gasteiger partial charge in [-0.1, -0.05) is 5.46 Å². The standard InChI is InChI=1S/C7H10B2O2/c1-11-6-3-4(8)2-5(10)7(6)9/h2-3,10H,8-9H2,1H3. The molecule has 0 aromatic heterocycles. The molecule has 56 valence electrons. The molecule has 0 atom stereocenters. The Morgan fingerprint density at radius 2 is 2.00 bits per heavy atom. The van der Waals surface area contributed by atoms with Crippen LogP contribution in [-0.4, -0.2) is 27.9 Å². The minimum Gasteiger partial charge on any atom is -0.508 e. The number of phenols is 1. The van der Waals surface area contributed by atoms with E-state index in [1.54, 1.807) is 13.2 Å². The van der Waals surface area contributed by atoms with Crippen molar-refractivity contribution in [3.05, 3.63) is 12.1 Å². The molecule has 0 radical (unpaired) electrons. The third-order valence-electron chi connectivity index (χ3n) is 1.70. The molecule has 1 rings (SSSR count). The first kappa shape index (κ1) is 8.05. The highest BCUT2D eigenvalue weighted by Gasteiger charge is 2.02. The smallest absolute Gasteiger partial charge is 0.149 e. The van der Waals surface area contributed by atoms with Gasteiger partial charge in [0.15, 0.2) is 0 Å². The summed E-state index contributed by atoms with van der Waals surface area (Å²) < 4.78 is 5.05. The van der Waals surface area contributed by atoms with Gasteiger partial charge in [-0.05, 0) is 17.6 Å². The monoisotopic (exact) mass is 148 g/mol. The molecule has 0 fully saturated rings. The predicted molar refractivity (Wildman–Crippen MR) is 51.0 cm³/mol. The number of phenolic OH excluding ortho intramolecular Hbond substituents is 1. The fraction of sp³-hybridized carbons (Fsp3) is 0.143. The van der Waals surface area contributed by atoms with Gasteiger partial charge >= 0.3 is 0 Å². The average Bonchev–Trinajstić information content (AvgIpc) is 1.96. The molecule has 0 unspecified atom stereocenters. The maximum Gasteiger partial charge on any atom is 0.149 e. The van der Waals surface area contributed by atoms with E-state index in [0.717, 1.165) is 16.7 Å². The molecule has 0 heterocycles. The van der Waals surface area contributed by atoms with Crippen molar-refractivity contribution < 1.29 is 9.84 Å². The van der Waals surface area contributed by atoms with Crippen LogP contribution >= 0.6 is 0 Å². The Morgan fingerprint density at radius 3 is 2.55 bits per heavy atom. The molecule has 1 N–H and O–H groups in total. The number of methoxy groups -OCH3 is 1. The lowest BCUT2D eigenvalue weighted by molar-refractivity contribution is 0.413. The zero-order chi connectivity index (χ0) is 8.43. The van der Waals surface area contributed by atoms with Crippen LogP contribution in [0.2, 0.25) is 0 Å². The predicted octanol–water partition coefficient (Wildman–Crippen LogP) is -2.08. The molecule has 1 aromatic carbocycles. The Balaban J connectivity index is 3.24. The van der Waals surface area contributed by atoms with Crippen LogP contribution < -0.4 is 15.7 Å². The first-order valence-electron chi connectivity index (χ1n) is 3.49. The normalized spacial score (nSPS) is 9.55. The number of aromatic hydroxyl groups is 1. The third kappa shape index (κ3) is 1.50.